The molecule has 3 aliphatic carbocycles. The monoisotopic (exact) mass is 264 g/mol. The molecule has 0 saturated heterocycles. The van der Waals surface area contributed by atoms with E-state index in [0.29, 0.717) is 5.41 Å². The molecule has 0 unspecified atom stereocenters. The summed E-state index contributed by atoms with van der Waals surface area (Å²) in [6, 6.07) is 0.772. The molecule has 4 rings (SSSR count). The molecule has 3 heteroatoms. The SMILES string of the molecule is C1CCC2(C1)CN=C(NC(C1CC1)C1CC1)SC2. The van der Waals surface area contributed by atoms with Crippen LogP contribution in [0.4, 0.5) is 0 Å². The minimum atomic E-state index is 0.588. The normalized spacial score (nSPS) is 30.8. The maximum absolute atomic E-state index is 4.89. The zero-order valence-electron chi connectivity index (χ0n) is 11.2. The number of hydrogen-bond donors (Lipinski definition) is 1. The van der Waals surface area contributed by atoms with Gasteiger partial charge < -0.3 is 5.32 Å². The van der Waals surface area contributed by atoms with Gasteiger partial charge in [0.25, 0.3) is 0 Å². The number of thioether (sulfide) groups is 1. The second-order valence-corrected chi connectivity index (χ2v) is 7.93. The van der Waals surface area contributed by atoms with Crippen LogP contribution in [0.15, 0.2) is 4.99 Å². The summed E-state index contributed by atoms with van der Waals surface area (Å²) in [5.41, 5.74) is 0.588. The molecule has 0 bridgehead atoms. The number of hydrogen-bond acceptors (Lipinski definition) is 3. The van der Waals surface area contributed by atoms with Gasteiger partial charge in [0.05, 0.1) is 0 Å². The Bertz CT molecular complexity index is 340. The second-order valence-electron chi connectivity index (χ2n) is 6.96. The highest BCUT2D eigenvalue weighted by Gasteiger charge is 2.43. The lowest BCUT2D eigenvalue weighted by Crippen LogP contribution is -2.40. The molecule has 0 aromatic carbocycles. The number of rotatable bonds is 3. The van der Waals surface area contributed by atoms with Crippen molar-refractivity contribution in [3.63, 3.8) is 0 Å². The largest absolute Gasteiger partial charge is 0.362 e. The Morgan fingerprint density at radius 2 is 1.78 bits per heavy atom. The van der Waals surface area contributed by atoms with Crippen LogP contribution >= 0.6 is 11.8 Å². The predicted octanol–water partition coefficient (Wildman–Crippen LogP) is 3.43. The van der Waals surface area contributed by atoms with Gasteiger partial charge in [0.1, 0.15) is 0 Å². The van der Waals surface area contributed by atoms with Gasteiger partial charge in [-0.2, -0.15) is 0 Å². The Morgan fingerprint density at radius 3 is 2.28 bits per heavy atom. The van der Waals surface area contributed by atoms with E-state index in [1.54, 1.807) is 0 Å². The van der Waals surface area contributed by atoms with Gasteiger partial charge in [0.15, 0.2) is 5.17 Å². The smallest absolute Gasteiger partial charge is 0.156 e. The molecule has 0 aromatic rings. The first-order valence-corrected chi connectivity index (χ1v) is 8.77. The number of nitrogens with one attached hydrogen (secondary N) is 1. The van der Waals surface area contributed by atoms with E-state index in [1.165, 1.54) is 62.3 Å². The standard InChI is InChI=1S/C15H24N2S/c1-2-8-15(7-1)9-16-14(18-10-15)17-13(11-3-4-11)12-5-6-12/h11-13H,1-10H2,(H,16,17). The Balaban J connectivity index is 1.38. The zero-order chi connectivity index (χ0) is 12.0. The van der Waals surface area contributed by atoms with Crippen LogP contribution < -0.4 is 5.32 Å². The first-order chi connectivity index (χ1) is 8.85. The third-order valence-corrected chi connectivity index (χ3v) is 6.56. The summed E-state index contributed by atoms with van der Waals surface area (Å²) in [6.07, 6.45) is 11.5. The molecule has 2 nitrogen and oxygen atoms in total. The Labute approximate surface area is 114 Å². The van der Waals surface area contributed by atoms with Crippen molar-refractivity contribution in [1.82, 2.24) is 5.32 Å². The summed E-state index contributed by atoms with van der Waals surface area (Å²) in [5, 5.41) is 5.07. The minimum Gasteiger partial charge on any atom is -0.362 e. The van der Waals surface area contributed by atoms with Crippen molar-refractivity contribution < 1.29 is 0 Å². The first kappa shape index (κ1) is 11.6. The highest BCUT2D eigenvalue weighted by Crippen LogP contribution is 2.46. The van der Waals surface area contributed by atoms with Crippen molar-refractivity contribution in [1.29, 1.82) is 0 Å². The van der Waals surface area contributed by atoms with Crippen LogP contribution in [-0.2, 0) is 0 Å². The fourth-order valence-electron chi connectivity index (χ4n) is 3.74. The molecule has 1 spiro atoms. The molecule has 0 atom stereocenters. The van der Waals surface area contributed by atoms with E-state index in [9.17, 15) is 0 Å². The first-order valence-electron chi connectivity index (χ1n) is 7.79. The van der Waals surface area contributed by atoms with Crippen molar-refractivity contribution in [2.45, 2.75) is 57.4 Å². The molecule has 3 fully saturated rings. The Hall–Kier alpha value is -0.180. The molecule has 0 radical (unpaired) electrons. The summed E-state index contributed by atoms with van der Waals surface area (Å²) in [7, 11) is 0. The van der Waals surface area contributed by atoms with Crippen LogP contribution in [0.2, 0.25) is 0 Å². The zero-order valence-corrected chi connectivity index (χ0v) is 12.0. The lowest BCUT2D eigenvalue weighted by Gasteiger charge is -2.32. The number of nitrogens with zero attached hydrogens (tertiary/aromatic N) is 1. The van der Waals surface area contributed by atoms with Crippen LogP contribution in [0.5, 0.6) is 0 Å². The molecule has 3 saturated carbocycles. The van der Waals surface area contributed by atoms with Crippen LogP contribution in [-0.4, -0.2) is 23.5 Å². The van der Waals surface area contributed by atoms with E-state index in [4.69, 9.17) is 4.99 Å². The summed E-state index contributed by atoms with van der Waals surface area (Å²) in [6.45, 7) is 1.10. The van der Waals surface area contributed by atoms with Gasteiger partial charge in [0.2, 0.25) is 0 Å². The molecular weight excluding hydrogens is 240 g/mol. The van der Waals surface area contributed by atoms with Gasteiger partial charge in [-0.15, -0.1) is 0 Å². The van der Waals surface area contributed by atoms with E-state index in [2.05, 4.69) is 5.32 Å². The topological polar surface area (TPSA) is 24.4 Å². The molecule has 4 aliphatic rings. The van der Waals surface area contributed by atoms with E-state index in [0.717, 1.165) is 24.4 Å². The van der Waals surface area contributed by atoms with Gasteiger partial charge in [-0.1, -0.05) is 24.6 Å². The molecule has 100 valence electrons. The van der Waals surface area contributed by atoms with Crippen molar-refractivity contribution in [3.05, 3.63) is 0 Å². The van der Waals surface area contributed by atoms with E-state index >= 15 is 0 Å². The minimum absolute atomic E-state index is 0.588. The fourth-order valence-corrected chi connectivity index (χ4v) is 4.94. The molecule has 0 aromatic heterocycles. The maximum Gasteiger partial charge on any atom is 0.156 e. The summed E-state index contributed by atoms with van der Waals surface area (Å²) in [5.74, 6) is 3.27. The lowest BCUT2D eigenvalue weighted by molar-refractivity contribution is 0.357. The quantitative estimate of drug-likeness (QED) is 0.844. The summed E-state index contributed by atoms with van der Waals surface area (Å²) >= 11 is 2.02. The summed E-state index contributed by atoms with van der Waals surface area (Å²) in [4.78, 5) is 4.89. The third-order valence-electron chi connectivity index (χ3n) is 5.29. The van der Waals surface area contributed by atoms with Crippen molar-refractivity contribution in [2.24, 2.45) is 22.2 Å². The fraction of sp³-hybridized carbons (Fsp3) is 0.933. The van der Waals surface area contributed by atoms with Crippen LogP contribution in [0, 0.1) is 17.3 Å². The molecule has 1 aliphatic heterocycles. The molecule has 1 N–H and O–H groups in total. The van der Waals surface area contributed by atoms with Gasteiger partial charge in [-0.3, -0.25) is 4.99 Å². The van der Waals surface area contributed by atoms with Crippen LogP contribution in [0.1, 0.15) is 51.4 Å². The second kappa shape index (κ2) is 4.43. The van der Waals surface area contributed by atoms with E-state index in [1.807, 2.05) is 11.8 Å². The molecular formula is C15H24N2S. The summed E-state index contributed by atoms with van der Waals surface area (Å²) < 4.78 is 0. The van der Waals surface area contributed by atoms with E-state index in [-0.39, 0.29) is 0 Å². The average molecular weight is 264 g/mol. The molecule has 0 amide bonds. The van der Waals surface area contributed by atoms with Crippen LogP contribution in [0.25, 0.3) is 0 Å². The van der Waals surface area contributed by atoms with Gasteiger partial charge in [0, 0.05) is 18.3 Å². The number of aliphatic imine (C=N–C) groups is 1. The van der Waals surface area contributed by atoms with Crippen molar-refractivity contribution in [3.8, 4) is 0 Å². The highest BCUT2D eigenvalue weighted by atomic mass is 32.2. The van der Waals surface area contributed by atoms with Gasteiger partial charge in [-0.25, -0.2) is 0 Å². The Kier molecular flexibility index (Phi) is 2.86. The van der Waals surface area contributed by atoms with Crippen molar-refractivity contribution >= 4 is 16.9 Å². The maximum atomic E-state index is 4.89. The number of amidine groups is 1. The lowest BCUT2D eigenvalue weighted by atomic mass is 9.89. The van der Waals surface area contributed by atoms with Crippen LogP contribution in [0.3, 0.4) is 0 Å². The van der Waals surface area contributed by atoms with Crippen molar-refractivity contribution in [2.75, 3.05) is 12.3 Å². The highest BCUT2D eigenvalue weighted by molar-refractivity contribution is 8.13. The average Bonchev–Trinajstić information content (AvgIpc) is 3.30. The predicted molar refractivity (Wildman–Crippen MR) is 78.0 cm³/mol. The Morgan fingerprint density at radius 1 is 1.11 bits per heavy atom. The molecule has 18 heavy (non-hydrogen) atoms. The molecule has 1 heterocycles. The van der Waals surface area contributed by atoms with Gasteiger partial charge >= 0.3 is 0 Å². The third kappa shape index (κ3) is 2.31. The van der Waals surface area contributed by atoms with E-state index < -0.39 is 0 Å². The van der Waals surface area contributed by atoms with Gasteiger partial charge in [-0.05, 0) is 55.8 Å².